The van der Waals surface area contributed by atoms with E-state index in [9.17, 15) is 23.8 Å². The standard InChI is InChI=1S/C25H23F2N3O4S/c1-34-23-8-7-15(19-10-16-9-17(26)18(27)12-20(16)28-19)11-22(23)30(35)25(33)29-21(13-31)24(32)14-5-3-2-4-6-14/h2-12,21,24,28,31-32,35H,13H2,1H3,(H,29,33). The first-order chi connectivity index (χ1) is 16.8. The number of aliphatic hydroxyl groups excluding tert-OH is 2. The number of amides is 2. The molecule has 35 heavy (non-hydrogen) atoms. The van der Waals surface area contributed by atoms with Crippen molar-refractivity contribution >= 4 is 35.4 Å². The highest BCUT2D eigenvalue weighted by Gasteiger charge is 2.26. The number of aromatic nitrogens is 1. The monoisotopic (exact) mass is 499 g/mol. The molecule has 1 heterocycles. The number of benzene rings is 3. The van der Waals surface area contributed by atoms with Gasteiger partial charge in [0, 0.05) is 28.2 Å². The Morgan fingerprint density at radius 2 is 1.83 bits per heavy atom. The molecule has 4 aromatic rings. The van der Waals surface area contributed by atoms with Crippen molar-refractivity contribution in [3.8, 4) is 17.0 Å². The normalized spacial score (nSPS) is 12.9. The Balaban J connectivity index is 1.61. The molecule has 0 radical (unpaired) electrons. The van der Waals surface area contributed by atoms with Crippen molar-refractivity contribution in [2.24, 2.45) is 0 Å². The van der Waals surface area contributed by atoms with Gasteiger partial charge in [0.2, 0.25) is 0 Å². The largest absolute Gasteiger partial charge is 0.495 e. The van der Waals surface area contributed by atoms with Crippen LogP contribution in [0.5, 0.6) is 5.75 Å². The molecule has 182 valence electrons. The van der Waals surface area contributed by atoms with Gasteiger partial charge in [-0.15, -0.1) is 0 Å². The number of nitrogens with one attached hydrogen (secondary N) is 2. The van der Waals surface area contributed by atoms with Crippen LogP contribution in [0.3, 0.4) is 0 Å². The van der Waals surface area contributed by atoms with Gasteiger partial charge >= 0.3 is 6.03 Å². The van der Waals surface area contributed by atoms with E-state index in [0.717, 1.165) is 16.4 Å². The number of nitrogens with zero attached hydrogens (tertiary/aromatic N) is 1. The molecular weight excluding hydrogens is 476 g/mol. The van der Waals surface area contributed by atoms with E-state index in [1.54, 1.807) is 54.6 Å². The van der Waals surface area contributed by atoms with Crippen LogP contribution in [0.1, 0.15) is 11.7 Å². The van der Waals surface area contributed by atoms with Gasteiger partial charge in [0.25, 0.3) is 0 Å². The molecular formula is C25H23F2N3O4S. The van der Waals surface area contributed by atoms with Gasteiger partial charge in [-0.1, -0.05) is 43.1 Å². The van der Waals surface area contributed by atoms with E-state index in [1.165, 1.54) is 7.11 Å². The van der Waals surface area contributed by atoms with Crippen LogP contribution in [-0.2, 0) is 0 Å². The topological polar surface area (TPSA) is 97.8 Å². The number of hydrogen-bond acceptors (Lipinski definition) is 5. The summed E-state index contributed by atoms with van der Waals surface area (Å²) < 4.78 is 33.6. The summed E-state index contributed by atoms with van der Waals surface area (Å²) in [7, 11) is 1.43. The predicted molar refractivity (Wildman–Crippen MR) is 132 cm³/mol. The molecule has 10 heteroatoms. The lowest BCUT2D eigenvalue weighted by Crippen LogP contribution is -2.46. The van der Waals surface area contributed by atoms with Gasteiger partial charge in [-0.25, -0.2) is 17.9 Å². The molecule has 0 spiro atoms. The van der Waals surface area contributed by atoms with Gasteiger partial charge < -0.3 is 25.3 Å². The van der Waals surface area contributed by atoms with Gasteiger partial charge in [-0.05, 0) is 35.9 Å². The number of aromatic amines is 1. The minimum Gasteiger partial charge on any atom is -0.495 e. The molecule has 4 rings (SSSR count). The summed E-state index contributed by atoms with van der Waals surface area (Å²) >= 11 is 4.31. The summed E-state index contributed by atoms with van der Waals surface area (Å²) in [4.78, 5) is 16.0. The average Bonchev–Trinajstić information content (AvgIpc) is 3.29. The van der Waals surface area contributed by atoms with Gasteiger partial charge in [0.05, 0.1) is 25.4 Å². The maximum atomic E-state index is 13.6. The second-order valence-corrected chi connectivity index (χ2v) is 8.23. The Morgan fingerprint density at radius 3 is 2.51 bits per heavy atom. The van der Waals surface area contributed by atoms with E-state index in [4.69, 9.17) is 4.74 Å². The van der Waals surface area contributed by atoms with Crippen molar-refractivity contribution in [3.05, 3.63) is 83.9 Å². The van der Waals surface area contributed by atoms with Crippen LogP contribution < -0.4 is 14.4 Å². The maximum Gasteiger partial charge on any atom is 0.332 e. The predicted octanol–water partition coefficient (Wildman–Crippen LogP) is 4.58. The van der Waals surface area contributed by atoms with Crippen molar-refractivity contribution in [1.82, 2.24) is 10.3 Å². The molecule has 0 bridgehead atoms. The lowest BCUT2D eigenvalue weighted by molar-refractivity contribution is 0.0947. The van der Waals surface area contributed by atoms with Crippen LogP contribution in [0, 0.1) is 11.6 Å². The number of carbonyl (C=O) groups excluding carboxylic acids is 1. The van der Waals surface area contributed by atoms with Crippen LogP contribution in [0.15, 0.2) is 66.7 Å². The van der Waals surface area contributed by atoms with E-state index in [2.05, 4.69) is 23.1 Å². The number of hydrogen-bond donors (Lipinski definition) is 5. The van der Waals surface area contributed by atoms with Gasteiger partial charge in [-0.3, -0.25) is 0 Å². The van der Waals surface area contributed by atoms with Crippen LogP contribution in [-0.4, -0.2) is 41.0 Å². The number of halogens is 2. The van der Waals surface area contributed by atoms with Crippen LogP contribution in [0.2, 0.25) is 0 Å². The molecule has 3 aromatic carbocycles. The lowest BCUT2D eigenvalue weighted by Gasteiger charge is -2.26. The number of fused-ring (bicyclic) bond motifs is 1. The molecule has 2 atom stereocenters. The zero-order valence-corrected chi connectivity index (χ0v) is 19.5. The Kier molecular flexibility index (Phi) is 7.25. The fourth-order valence-electron chi connectivity index (χ4n) is 3.74. The smallest absolute Gasteiger partial charge is 0.332 e. The highest BCUT2D eigenvalue weighted by atomic mass is 32.1. The van der Waals surface area contributed by atoms with Gasteiger partial charge in [0.15, 0.2) is 11.6 Å². The van der Waals surface area contributed by atoms with E-state index in [-0.39, 0.29) is 5.69 Å². The van der Waals surface area contributed by atoms with Crippen molar-refractivity contribution in [2.45, 2.75) is 12.1 Å². The third kappa shape index (κ3) is 5.09. The first-order valence-electron chi connectivity index (χ1n) is 10.6. The minimum absolute atomic E-state index is 0.271. The van der Waals surface area contributed by atoms with Crippen molar-refractivity contribution in [2.75, 3.05) is 18.0 Å². The SMILES string of the molecule is COc1ccc(-c2cc3cc(F)c(F)cc3[nH]2)cc1N(S)C(=O)NC(CO)C(O)c1ccccc1. The number of thiol groups is 1. The summed E-state index contributed by atoms with van der Waals surface area (Å²) in [6.07, 6.45) is -1.15. The Hall–Kier alpha value is -3.60. The molecule has 0 aliphatic carbocycles. The lowest BCUT2D eigenvalue weighted by atomic mass is 10.0. The minimum atomic E-state index is -1.15. The number of carbonyl (C=O) groups is 1. The molecule has 0 saturated carbocycles. The van der Waals surface area contributed by atoms with Crippen LogP contribution in [0.25, 0.3) is 22.2 Å². The highest BCUT2D eigenvalue weighted by Crippen LogP contribution is 2.35. The zero-order chi connectivity index (χ0) is 25.1. The van der Waals surface area contributed by atoms with Crippen molar-refractivity contribution in [1.29, 1.82) is 0 Å². The molecule has 0 aliphatic heterocycles. The summed E-state index contributed by atoms with van der Waals surface area (Å²) in [6, 6.07) is 15.7. The van der Waals surface area contributed by atoms with E-state index in [1.807, 2.05) is 0 Å². The average molecular weight is 500 g/mol. The van der Waals surface area contributed by atoms with Crippen LogP contribution in [0.4, 0.5) is 19.3 Å². The molecule has 0 aliphatic rings. The number of urea groups is 1. The number of aliphatic hydroxyl groups is 2. The number of methoxy groups -OCH3 is 1. The Labute approximate surface area is 205 Å². The third-order valence-corrected chi connectivity index (χ3v) is 6.00. The van der Waals surface area contributed by atoms with Gasteiger partial charge in [0.1, 0.15) is 11.9 Å². The van der Waals surface area contributed by atoms with E-state index >= 15 is 0 Å². The van der Waals surface area contributed by atoms with E-state index < -0.39 is 36.4 Å². The Morgan fingerprint density at radius 1 is 1.11 bits per heavy atom. The second-order valence-electron chi connectivity index (χ2n) is 7.83. The number of ether oxygens (including phenoxy) is 1. The number of anilines is 1. The molecule has 2 amide bonds. The first kappa shape index (κ1) is 24.5. The maximum absolute atomic E-state index is 13.6. The van der Waals surface area contributed by atoms with E-state index in [0.29, 0.717) is 33.5 Å². The molecule has 4 N–H and O–H groups in total. The fourth-order valence-corrected chi connectivity index (χ4v) is 3.96. The second kappa shape index (κ2) is 10.3. The third-order valence-electron chi connectivity index (χ3n) is 5.60. The summed E-state index contributed by atoms with van der Waals surface area (Å²) in [6.45, 7) is -0.511. The summed E-state index contributed by atoms with van der Waals surface area (Å²) in [5.74, 6) is -1.58. The van der Waals surface area contributed by atoms with Crippen molar-refractivity contribution < 1.29 is 28.5 Å². The first-order valence-corrected chi connectivity index (χ1v) is 11.0. The molecule has 0 fully saturated rings. The highest BCUT2D eigenvalue weighted by molar-refractivity contribution is 7.82. The Bertz CT molecular complexity index is 1310. The molecule has 2 unspecified atom stereocenters. The molecule has 7 nitrogen and oxygen atoms in total. The molecule has 0 saturated heterocycles. The van der Waals surface area contributed by atoms with Crippen molar-refractivity contribution in [3.63, 3.8) is 0 Å². The van der Waals surface area contributed by atoms with Crippen LogP contribution >= 0.6 is 12.8 Å². The molecule has 1 aromatic heterocycles. The van der Waals surface area contributed by atoms with Gasteiger partial charge in [-0.2, -0.15) is 0 Å². The zero-order valence-electron chi connectivity index (χ0n) is 18.6. The quantitative estimate of drug-likeness (QED) is 0.241. The summed E-state index contributed by atoms with van der Waals surface area (Å²) in [5.41, 5.74) is 2.38. The fraction of sp³-hybridized carbons (Fsp3) is 0.160. The number of rotatable bonds is 7. The number of H-pyrrole nitrogens is 1. The summed E-state index contributed by atoms with van der Waals surface area (Å²) in [5, 5.41) is 23.4.